The van der Waals surface area contributed by atoms with Gasteiger partial charge in [-0.25, -0.2) is 0 Å². The van der Waals surface area contributed by atoms with E-state index in [1.807, 2.05) is 45.0 Å². The maximum atomic E-state index is 11.7. The number of nitrogens with zero attached hydrogens (tertiary/aromatic N) is 2. The van der Waals surface area contributed by atoms with Gasteiger partial charge >= 0.3 is 0 Å². The fraction of sp³-hybridized carbons (Fsp3) is 0.385. The molecule has 0 saturated heterocycles. The fourth-order valence-electron chi connectivity index (χ4n) is 1.72. The minimum absolute atomic E-state index is 0.181. The number of likely N-dealkylation sites (N-methyl/N-ethyl adjacent to an activating group) is 1. The number of benzodiazepines with no additional fused rings is 1. The summed E-state index contributed by atoms with van der Waals surface area (Å²) in [5.41, 5.74) is 8.28. The molecule has 0 radical (unpaired) electrons. The molecule has 19 heavy (non-hydrogen) atoms. The second kappa shape index (κ2) is 9.65. The normalized spacial score (nSPS) is 17.0. The third-order valence-electron chi connectivity index (χ3n) is 2.57. The zero-order valence-electron chi connectivity index (χ0n) is 11.5. The molecular formula is C13H19I2N3O. The highest BCUT2D eigenvalue weighted by atomic mass is 128. The molecule has 1 atom stereocenters. The molecule has 1 aromatic rings. The summed E-state index contributed by atoms with van der Waals surface area (Å²) < 4.78 is 0. The number of para-hydroxylation sites is 1. The SMILES string of the molecule is CC.CC1=NC(N)C(=O)N(C)c2ccccc21.II. The van der Waals surface area contributed by atoms with Crippen LogP contribution in [0.15, 0.2) is 29.3 Å². The lowest BCUT2D eigenvalue weighted by atomic mass is 10.1. The molecule has 1 heterocycles. The first-order valence-electron chi connectivity index (χ1n) is 5.92. The average Bonchev–Trinajstić information content (AvgIpc) is 2.56. The van der Waals surface area contributed by atoms with Crippen molar-refractivity contribution in [1.29, 1.82) is 0 Å². The predicted octanol–water partition coefficient (Wildman–Crippen LogP) is 3.55. The van der Waals surface area contributed by atoms with Crippen LogP contribution in [0.2, 0.25) is 0 Å². The Morgan fingerprint density at radius 1 is 1.26 bits per heavy atom. The second-order valence-corrected chi connectivity index (χ2v) is 3.57. The molecule has 1 amide bonds. The van der Waals surface area contributed by atoms with Crippen LogP contribution in [0.5, 0.6) is 0 Å². The van der Waals surface area contributed by atoms with Crippen molar-refractivity contribution in [2.75, 3.05) is 11.9 Å². The highest BCUT2D eigenvalue weighted by Gasteiger charge is 2.24. The Balaban J connectivity index is 0.000000741. The van der Waals surface area contributed by atoms with Crippen LogP contribution in [0.4, 0.5) is 5.69 Å². The maximum Gasteiger partial charge on any atom is 0.266 e. The first-order valence-corrected chi connectivity index (χ1v) is 12.2. The van der Waals surface area contributed by atoms with Crippen LogP contribution < -0.4 is 10.6 Å². The number of carbonyl (C=O) groups excluding carboxylic acids is 1. The highest BCUT2D eigenvalue weighted by molar-refractivity contribution is 15.0. The zero-order chi connectivity index (χ0) is 15.0. The van der Waals surface area contributed by atoms with Gasteiger partial charge in [0.15, 0.2) is 6.17 Å². The monoisotopic (exact) mass is 487 g/mol. The molecule has 1 aliphatic heterocycles. The molecule has 0 saturated carbocycles. The molecule has 4 nitrogen and oxygen atoms in total. The minimum Gasteiger partial charge on any atom is -0.312 e. The van der Waals surface area contributed by atoms with E-state index in [9.17, 15) is 4.79 Å². The molecule has 2 N–H and O–H groups in total. The number of amides is 1. The molecule has 106 valence electrons. The van der Waals surface area contributed by atoms with E-state index in [1.165, 1.54) is 0 Å². The Kier molecular flexibility index (Phi) is 9.54. The highest BCUT2D eigenvalue weighted by Crippen LogP contribution is 2.23. The molecule has 0 aliphatic carbocycles. The van der Waals surface area contributed by atoms with Gasteiger partial charge in [0.25, 0.3) is 5.91 Å². The lowest BCUT2D eigenvalue weighted by Crippen LogP contribution is -2.39. The number of nitrogens with two attached hydrogens (primary N) is 1. The Hall–Kier alpha value is -0.220. The quantitative estimate of drug-likeness (QED) is 0.570. The average molecular weight is 487 g/mol. The summed E-state index contributed by atoms with van der Waals surface area (Å²) in [6.45, 7) is 5.87. The van der Waals surface area contributed by atoms with E-state index in [0.29, 0.717) is 0 Å². The van der Waals surface area contributed by atoms with Gasteiger partial charge in [0.1, 0.15) is 0 Å². The van der Waals surface area contributed by atoms with Crippen LogP contribution in [0.25, 0.3) is 0 Å². The number of halogens is 2. The molecule has 2 rings (SSSR count). The molecule has 1 unspecified atom stereocenters. The van der Waals surface area contributed by atoms with Crippen LogP contribution in [-0.4, -0.2) is 24.8 Å². The second-order valence-electron chi connectivity index (χ2n) is 3.57. The van der Waals surface area contributed by atoms with Gasteiger partial charge in [-0.2, -0.15) is 0 Å². The van der Waals surface area contributed by atoms with E-state index in [4.69, 9.17) is 5.73 Å². The largest absolute Gasteiger partial charge is 0.312 e. The van der Waals surface area contributed by atoms with E-state index < -0.39 is 6.17 Å². The summed E-state index contributed by atoms with van der Waals surface area (Å²) in [6.07, 6.45) is -0.789. The number of fused-ring (bicyclic) bond motifs is 1. The van der Waals surface area contributed by atoms with Gasteiger partial charge in [-0.05, 0) is 13.0 Å². The third kappa shape index (κ3) is 4.67. The maximum absolute atomic E-state index is 11.7. The molecule has 1 aliphatic rings. The molecular weight excluding hydrogens is 468 g/mol. The van der Waals surface area contributed by atoms with E-state index in [2.05, 4.69) is 42.2 Å². The topological polar surface area (TPSA) is 58.7 Å². The summed E-state index contributed by atoms with van der Waals surface area (Å²) >= 11 is 4.24. The number of rotatable bonds is 0. The molecule has 1 aromatic carbocycles. The number of carbonyl (C=O) groups is 1. The van der Waals surface area contributed by atoms with Gasteiger partial charge in [-0.1, -0.05) is 32.0 Å². The lowest BCUT2D eigenvalue weighted by molar-refractivity contribution is -0.119. The molecule has 0 bridgehead atoms. The number of hydrogen-bond donors (Lipinski definition) is 1. The summed E-state index contributed by atoms with van der Waals surface area (Å²) in [7, 11) is 1.72. The summed E-state index contributed by atoms with van der Waals surface area (Å²) in [6, 6.07) is 7.65. The van der Waals surface area contributed by atoms with Crippen molar-refractivity contribution in [1.82, 2.24) is 0 Å². The van der Waals surface area contributed by atoms with Crippen LogP contribution >= 0.6 is 37.2 Å². The van der Waals surface area contributed by atoms with Gasteiger partial charge < -0.3 is 10.6 Å². The molecule has 0 spiro atoms. The Morgan fingerprint density at radius 3 is 2.37 bits per heavy atom. The van der Waals surface area contributed by atoms with Crippen molar-refractivity contribution < 1.29 is 4.79 Å². The summed E-state index contributed by atoms with van der Waals surface area (Å²) in [4.78, 5) is 17.5. The van der Waals surface area contributed by atoms with Gasteiger partial charge in [0.05, 0.1) is 5.69 Å². The molecule has 0 fully saturated rings. The van der Waals surface area contributed by atoms with E-state index in [-0.39, 0.29) is 5.91 Å². The Morgan fingerprint density at radius 2 is 1.79 bits per heavy atom. The smallest absolute Gasteiger partial charge is 0.266 e. The van der Waals surface area contributed by atoms with Crippen molar-refractivity contribution in [3.05, 3.63) is 29.8 Å². The van der Waals surface area contributed by atoms with Crippen molar-refractivity contribution in [2.45, 2.75) is 26.9 Å². The Labute approximate surface area is 138 Å². The number of benzene rings is 1. The van der Waals surface area contributed by atoms with Crippen LogP contribution in [-0.2, 0) is 4.79 Å². The van der Waals surface area contributed by atoms with Crippen LogP contribution in [0.1, 0.15) is 26.3 Å². The predicted molar refractivity (Wildman–Crippen MR) is 99.4 cm³/mol. The van der Waals surface area contributed by atoms with Gasteiger partial charge in [-0.15, -0.1) is 0 Å². The first-order chi connectivity index (χ1) is 9.11. The van der Waals surface area contributed by atoms with Crippen molar-refractivity contribution >= 4 is 54.5 Å². The van der Waals surface area contributed by atoms with E-state index in [0.717, 1.165) is 17.0 Å². The third-order valence-corrected chi connectivity index (χ3v) is 2.57. The van der Waals surface area contributed by atoms with E-state index in [1.54, 1.807) is 11.9 Å². The minimum atomic E-state index is -0.789. The number of aliphatic imine (C=N–C) groups is 1. The number of anilines is 1. The fourth-order valence-corrected chi connectivity index (χ4v) is 1.72. The van der Waals surface area contributed by atoms with Crippen LogP contribution in [0.3, 0.4) is 0 Å². The molecule has 6 heteroatoms. The van der Waals surface area contributed by atoms with Crippen molar-refractivity contribution in [3.63, 3.8) is 0 Å². The van der Waals surface area contributed by atoms with E-state index >= 15 is 0 Å². The first kappa shape index (κ1) is 18.8. The zero-order valence-corrected chi connectivity index (χ0v) is 15.8. The van der Waals surface area contributed by atoms with Gasteiger partial charge in [-0.3, -0.25) is 9.79 Å². The lowest BCUT2D eigenvalue weighted by Gasteiger charge is -2.18. The summed E-state index contributed by atoms with van der Waals surface area (Å²) in [5, 5.41) is 0. The van der Waals surface area contributed by atoms with Crippen LogP contribution in [0, 0.1) is 0 Å². The Bertz CT molecular complexity index is 449. The summed E-state index contributed by atoms with van der Waals surface area (Å²) in [5.74, 6) is -0.181. The van der Waals surface area contributed by atoms with Crippen molar-refractivity contribution in [2.24, 2.45) is 10.7 Å². The van der Waals surface area contributed by atoms with Gasteiger partial charge in [0.2, 0.25) is 0 Å². The molecule has 0 aromatic heterocycles. The standard InChI is InChI=1S/C11H13N3O.C2H6.I2/c1-7-8-5-3-4-6-9(8)14(2)11(15)10(12)13-7;2*1-2/h3-6,10H,12H2,1-2H3;1-2H3;. The number of hydrogen-bond acceptors (Lipinski definition) is 3. The van der Waals surface area contributed by atoms with Gasteiger partial charge in [0, 0.05) is 55.6 Å². The van der Waals surface area contributed by atoms with Crippen molar-refractivity contribution in [3.8, 4) is 0 Å².